The smallest absolute Gasteiger partial charge is 0.222 e. The normalized spacial score (nSPS) is 17.4. The summed E-state index contributed by atoms with van der Waals surface area (Å²) < 4.78 is 5.19. The molecule has 1 saturated heterocycles. The van der Waals surface area contributed by atoms with Crippen molar-refractivity contribution in [3.8, 4) is 5.75 Å². The van der Waals surface area contributed by atoms with Crippen LogP contribution < -0.4 is 5.32 Å². The highest BCUT2D eigenvalue weighted by molar-refractivity contribution is 5.78. The van der Waals surface area contributed by atoms with Crippen molar-refractivity contribution < 1.29 is 19.2 Å². The summed E-state index contributed by atoms with van der Waals surface area (Å²) in [6, 6.07) is 7.03. The number of aromatic nitrogens is 1. The molecule has 7 heteroatoms. The SMILES string of the molecule is Cc1noc(C)c1CN1CCC(NC(=O)CCc2ccccc2O)CCC1=O. The van der Waals surface area contributed by atoms with Gasteiger partial charge in [-0.2, -0.15) is 0 Å². The van der Waals surface area contributed by atoms with Crippen molar-refractivity contribution >= 4 is 11.8 Å². The number of hydrogen-bond acceptors (Lipinski definition) is 5. The number of carbonyl (C=O) groups excluding carboxylic acids is 2. The van der Waals surface area contributed by atoms with Crippen LogP contribution in [-0.2, 0) is 22.6 Å². The number of hydrogen-bond donors (Lipinski definition) is 2. The average molecular weight is 385 g/mol. The van der Waals surface area contributed by atoms with Crippen molar-refractivity contribution in [2.45, 2.75) is 58.5 Å². The van der Waals surface area contributed by atoms with Gasteiger partial charge in [0.2, 0.25) is 11.8 Å². The van der Waals surface area contributed by atoms with E-state index < -0.39 is 0 Å². The monoisotopic (exact) mass is 385 g/mol. The van der Waals surface area contributed by atoms with E-state index in [0.717, 1.165) is 29.0 Å². The van der Waals surface area contributed by atoms with Gasteiger partial charge < -0.3 is 19.8 Å². The number of phenolic OH excluding ortho intramolecular Hbond substituents is 1. The van der Waals surface area contributed by atoms with Gasteiger partial charge in [-0.15, -0.1) is 0 Å². The Morgan fingerprint density at radius 3 is 2.82 bits per heavy atom. The van der Waals surface area contributed by atoms with Crippen molar-refractivity contribution in [2.75, 3.05) is 6.54 Å². The number of amides is 2. The van der Waals surface area contributed by atoms with Crippen LogP contribution in [0.2, 0.25) is 0 Å². The van der Waals surface area contributed by atoms with E-state index >= 15 is 0 Å². The molecule has 1 aromatic carbocycles. The summed E-state index contributed by atoms with van der Waals surface area (Å²) in [6.45, 7) is 4.81. The number of nitrogens with one attached hydrogen (secondary N) is 1. The molecule has 0 bridgehead atoms. The second-order valence-corrected chi connectivity index (χ2v) is 7.34. The highest BCUT2D eigenvalue weighted by atomic mass is 16.5. The predicted molar refractivity (Wildman–Crippen MR) is 104 cm³/mol. The molecule has 1 fully saturated rings. The topological polar surface area (TPSA) is 95.7 Å². The Kier molecular flexibility index (Phi) is 6.34. The summed E-state index contributed by atoms with van der Waals surface area (Å²) in [4.78, 5) is 26.6. The summed E-state index contributed by atoms with van der Waals surface area (Å²) >= 11 is 0. The van der Waals surface area contributed by atoms with E-state index in [2.05, 4.69) is 10.5 Å². The van der Waals surface area contributed by atoms with Crippen LogP contribution in [0.25, 0.3) is 0 Å². The quantitative estimate of drug-likeness (QED) is 0.797. The average Bonchev–Trinajstić information content (AvgIpc) is 2.88. The fraction of sp³-hybridized carbons (Fsp3) is 0.476. The number of aromatic hydroxyl groups is 1. The van der Waals surface area contributed by atoms with E-state index in [1.54, 1.807) is 12.1 Å². The maximum Gasteiger partial charge on any atom is 0.222 e. The number of carbonyl (C=O) groups is 2. The summed E-state index contributed by atoms with van der Waals surface area (Å²) in [5.74, 6) is 0.986. The Morgan fingerprint density at radius 2 is 2.11 bits per heavy atom. The maximum atomic E-state index is 12.5. The molecule has 1 aromatic heterocycles. The first-order valence-electron chi connectivity index (χ1n) is 9.69. The minimum absolute atomic E-state index is 0.0181. The third-order valence-corrected chi connectivity index (χ3v) is 5.32. The molecule has 0 aliphatic carbocycles. The van der Waals surface area contributed by atoms with Crippen LogP contribution in [-0.4, -0.2) is 39.6 Å². The molecule has 1 atom stereocenters. The van der Waals surface area contributed by atoms with Crippen LogP contribution in [0.3, 0.4) is 0 Å². The molecule has 0 spiro atoms. The second kappa shape index (κ2) is 8.91. The van der Waals surface area contributed by atoms with Crippen molar-refractivity contribution in [2.24, 2.45) is 0 Å². The molecule has 150 valence electrons. The summed E-state index contributed by atoms with van der Waals surface area (Å²) in [5.41, 5.74) is 2.53. The lowest BCUT2D eigenvalue weighted by Crippen LogP contribution is -2.36. The lowest BCUT2D eigenvalue weighted by molar-refractivity contribution is -0.131. The minimum atomic E-state index is -0.0557. The van der Waals surface area contributed by atoms with Crippen molar-refractivity contribution in [3.05, 3.63) is 46.8 Å². The summed E-state index contributed by atoms with van der Waals surface area (Å²) in [5, 5.41) is 16.8. The van der Waals surface area contributed by atoms with Gasteiger partial charge in [0.05, 0.1) is 12.2 Å². The first-order valence-corrected chi connectivity index (χ1v) is 9.69. The van der Waals surface area contributed by atoms with Crippen molar-refractivity contribution in [1.82, 2.24) is 15.4 Å². The van der Waals surface area contributed by atoms with Crippen LogP contribution in [0.15, 0.2) is 28.8 Å². The van der Waals surface area contributed by atoms with E-state index in [-0.39, 0.29) is 23.6 Å². The van der Waals surface area contributed by atoms with E-state index in [1.165, 1.54) is 0 Å². The fourth-order valence-corrected chi connectivity index (χ4v) is 3.54. The summed E-state index contributed by atoms with van der Waals surface area (Å²) in [6.07, 6.45) is 2.57. The molecule has 0 radical (unpaired) electrons. The fourth-order valence-electron chi connectivity index (χ4n) is 3.54. The standard InChI is InChI=1S/C21H27N3O4/c1-14-18(15(2)28-23-14)13-24-12-11-17(8-10-21(24)27)22-20(26)9-7-16-5-3-4-6-19(16)25/h3-6,17,25H,7-13H2,1-2H3,(H,22,26). The number of nitrogens with zero attached hydrogens (tertiary/aromatic N) is 2. The third-order valence-electron chi connectivity index (χ3n) is 5.32. The number of rotatable bonds is 6. The van der Waals surface area contributed by atoms with Gasteiger partial charge in [-0.3, -0.25) is 9.59 Å². The zero-order chi connectivity index (χ0) is 20.1. The molecule has 1 aliphatic heterocycles. The van der Waals surface area contributed by atoms with Crippen molar-refractivity contribution in [1.29, 1.82) is 0 Å². The largest absolute Gasteiger partial charge is 0.508 e. The van der Waals surface area contributed by atoms with Gasteiger partial charge >= 0.3 is 0 Å². The number of para-hydroxylation sites is 1. The van der Waals surface area contributed by atoms with Gasteiger partial charge in [0.1, 0.15) is 11.5 Å². The molecule has 1 aliphatic rings. The van der Waals surface area contributed by atoms with Gasteiger partial charge in [0.15, 0.2) is 0 Å². The minimum Gasteiger partial charge on any atom is -0.508 e. The number of aryl methyl sites for hydroxylation is 3. The molecule has 3 rings (SSSR count). The molecule has 2 heterocycles. The number of benzene rings is 1. The highest BCUT2D eigenvalue weighted by Gasteiger charge is 2.25. The van der Waals surface area contributed by atoms with Crippen molar-refractivity contribution in [3.63, 3.8) is 0 Å². The van der Waals surface area contributed by atoms with E-state index in [4.69, 9.17) is 4.52 Å². The Morgan fingerprint density at radius 1 is 1.32 bits per heavy atom. The van der Waals surface area contributed by atoms with Crippen LogP contribution in [0.5, 0.6) is 5.75 Å². The Balaban J connectivity index is 1.51. The van der Waals surface area contributed by atoms with Crippen LogP contribution in [0.4, 0.5) is 0 Å². The molecule has 2 aromatic rings. The molecule has 0 saturated carbocycles. The molecular formula is C21H27N3O4. The molecule has 7 nitrogen and oxygen atoms in total. The second-order valence-electron chi connectivity index (χ2n) is 7.34. The lowest BCUT2D eigenvalue weighted by atomic mass is 10.1. The first kappa shape index (κ1) is 19.9. The Bertz CT molecular complexity index is 826. The Labute approximate surface area is 164 Å². The zero-order valence-corrected chi connectivity index (χ0v) is 16.4. The molecule has 28 heavy (non-hydrogen) atoms. The third kappa shape index (κ3) is 4.91. The van der Waals surface area contributed by atoms with E-state index in [9.17, 15) is 14.7 Å². The molecule has 2 N–H and O–H groups in total. The van der Waals surface area contributed by atoms with Crippen LogP contribution in [0, 0.1) is 13.8 Å². The summed E-state index contributed by atoms with van der Waals surface area (Å²) in [7, 11) is 0. The van der Waals surface area contributed by atoms with Crippen LogP contribution >= 0.6 is 0 Å². The number of likely N-dealkylation sites (tertiary alicyclic amines) is 1. The van der Waals surface area contributed by atoms with Gasteiger partial charge in [-0.25, -0.2) is 0 Å². The van der Waals surface area contributed by atoms with Crippen LogP contribution in [0.1, 0.15) is 48.3 Å². The molecular weight excluding hydrogens is 358 g/mol. The van der Waals surface area contributed by atoms with Gasteiger partial charge in [0.25, 0.3) is 0 Å². The molecule has 1 unspecified atom stereocenters. The molecule has 2 amide bonds. The Hall–Kier alpha value is -2.83. The van der Waals surface area contributed by atoms with Gasteiger partial charge in [-0.1, -0.05) is 23.4 Å². The van der Waals surface area contributed by atoms with Gasteiger partial charge in [0, 0.05) is 31.0 Å². The first-order chi connectivity index (χ1) is 13.4. The highest BCUT2D eigenvalue weighted by Crippen LogP contribution is 2.20. The lowest BCUT2D eigenvalue weighted by Gasteiger charge is -2.21. The zero-order valence-electron chi connectivity index (χ0n) is 16.4. The maximum absolute atomic E-state index is 12.5. The van der Waals surface area contributed by atoms with E-state index in [0.29, 0.717) is 38.8 Å². The van der Waals surface area contributed by atoms with E-state index in [1.807, 2.05) is 30.9 Å². The predicted octanol–water partition coefficient (Wildman–Crippen LogP) is 2.63. The number of phenols is 1. The van der Waals surface area contributed by atoms with Gasteiger partial charge in [-0.05, 0) is 44.7 Å².